The van der Waals surface area contributed by atoms with E-state index in [1.54, 1.807) is 42.1 Å². The first-order valence-electron chi connectivity index (χ1n) is 8.72. The molecule has 1 amide bonds. The van der Waals surface area contributed by atoms with E-state index in [1.807, 2.05) is 30.3 Å². The number of para-hydroxylation sites is 1. The predicted octanol–water partition coefficient (Wildman–Crippen LogP) is 4.20. The minimum atomic E-state index is -0.543. The van der Waals surface area contributed by atoms with Crippen molar-refractivity contribution in [1.82, 2.24) is 9.78 Å². The molecule has 0 atom stereocenters. The molecule has 1 aliphatic heterocycles. The standard InChI is InChI=1S/C21H16ClN3O3/c1-2-28-21(27)19-13(12-25(24-19)15-6-4-3-5-7-15)10-17-16-9-8-14(22)11-18(16)23-20(17)26/h3-12H,2H2,1H3,(H,23,26)/b17-10-. The number of nitrogens with zero attached hydrogens (tertiary/aromatic N) is 2. The van der Waals surface area contributed by atoms with Crippen LogP contribution < -0.4 is 5.32 Å². The lowest BCUT2D eigenvalue weighted by molar-refractivity contribution is -0.110. The third-order valence-electron chi connectivity index (χ3n) is 4.30. The van der Waals surface area contributed by atoms with Gasteiger partial charge >= 0.3 is 5.97 Å². The fourth-order valence-corrected chi connectivity index (χ4v) is 3.20. The van der Waals surface area contributed by atoms with E-state index in [2.05, 4.69) is 10.4 Å². The van der Waals surface area contributed by atoms with E-state index in [1.165, 1.54) is 0 Å². The van der Waals surface area contributed by atoms with Crippen LogP contribution >= 0.6 is 11.6 Å². The highest BCUT2D eigenvalue weighted by molar-refractivity contribution is 6.36. The van der Waals surface area contributed by atoms with Gasteiger partial charge in [0.15, 0.2) is 5.69 Å². The third kappa shape index (κ3) is 3.30. The van der Waals surface area contributed by atoms with E-state index in [4.69, 9.17) is 16.3 Å². The molecule has 0 aliphatic carbocycles. The smallest absolute Gasteiger partial charge is 0.359 e. The summed E-state index contributed by atoms with van der Waals surface area (Å²) >= 11 is 6.01. The van der Waals surface area contributed by atoms with Crippen LogP contribution in [0.25, 0.3) is 17.3 Å². The van der Waals surface area contributed by atoms with Crippen LogP contribution in [0.15, 0.2) is 54.7 Å². The zero-order valence-corrected chi connectivity index (χ0v) is 15.7. The van der Waals surface area contributed by atoms with Gasteiger partial charge in [-0.1, -0.05) is 35.9 Å². The molecule has 0 saturated carbocycles. The summed E-state index contributed by atoms with van der Waals surface area (Å²) in [6.45, 7) is 1.96. The van der Waals surface area contributed by atoms with E-state index in [-0.39, 0.29) is 18.2 Å². The van der Waals surface area contributed by atoms with Crippen molar-refractivity contribution in [2.24, 2.45) is 0 Å². The highest BCUT2D eigenvalue weighted by Gasteiger charge is 2.26. The van der Waals surface area contributed by atoms with Gasteiger partial charge in [0.2, 0.25) is 0 Å². The molecule has 0 bridgehead atoms. The van der Waals surface area contributed by atoms with Gasteiger partial charge in [-0.25, -0.2) is 9.48 Å². The Balaban J connectivity index is 1.83. The van der Waals surface area contributed by atoms with Crippen LogP contribution in [-0.4, -0.2) is 28.3 Å². The van der Waals surface area contributed by atoms with Crippen LogP contribution in [0.3, 0.4) is 0 Å². The quantitative estimate of drug-likeness (QED) is 0.532. The Morgan fingerprint density at radius 2 is 2.04 bits per heavy atom. The molecule has 28 heavy (non-hydrogen) atoms. The highest BCUT2D eigenvalue weighted by Crippen LogP contribution is 2.35. The molecule has 140 valence electrons. The van der Waals surface area contributed by atoms with Gasteiger partial charge in [-0.05, 0) is 37.3 Å². The first-order chi connectivity index (χ1) is 13.6. The first-order valence-corrected chi connectivity index (χ1v) is 9.10. The Morgan fingerprint density at radius 1 is 1.25 bits per heavy atom. The molecule has 0 unspecified atom stereocenters. The molecular formula is C21H16ClN3O3. The molecule has 1 aliphatic rings. The molecule has 0 fully saturated rings. The zero-order valence-electron chi connectivity index (χ0n) is 15.0. The lowest BCUT2D eigenvalue weighted by Crippen LogP contribution is -2.08. The van der Waals surface area contributed by atoms with E-state index >= 15 is 0 Å². The Morgan fingerprint density at radius 3 is 2.79 bits per heavy atom. The van der Waals surface area contributed by atoms with Gasteiger partial charge in [-0.2, -0.15) is 5.10 Å². The van der Waals surface area contributed by atoms with Crippen molar-refractivity contribution in [2.75, 3.05) is 11.9 Å². The summed E-state index contributed by atoms with van der Waals surface area (Å²) in [5, 5.41) is 7.70. The van der Waals surface area contributed by atoms with Gasteiger partial charge < -0.3 is 10.1 Å². The molecule has 1 N–H and O–H groups in total. The molecule has 0 radical (unpaired) electrons. The number of nitrogens with one attached hydrogen (secondary N) is 1. The minimum absolute atomic E-state index is 0.147. The molecule has 3 aromatic rings. The molecule has 1 aromatic heterocycles. The number of carbonyl (C=O) groups excluding carboxylic acids is 2. The lowest BCUT2D eigenvalue weighted by Gasteiger charge is -2.01. The van der Waals surface area contributed by atoms with Crippen molar-refractivity contribution in [3.8, 4) is 5.69 Å². The summed E-state index contributed by atoms with van der Waals surface area (Å²) in [5.74, 6) is -0.807. The Bertz CT molecular complexity index is 1100. The SMILES string of the molecule is CCOC(=O)c1nn(-c2ccccc2)cc1/C=C1\C(=O)Nc2cc(Cl)ccc21. The normalized spacial score (nSPS) is 14.1. The van der Waals surface area contributed by atoms with E-state index in [0.717, 1.165) is 11.3 Å². The fraction of sp³-hybridized carbons (Fsp3) is 0.0952. The number of ether oxygens (including phenoxy) is 1. The van der Waals surface area contributed by atoms with Gasteiger partial charge in [0.05, 0.1) is 18.0 Å². The van der Waals surface area contributed by atoms with Crippen molar-refractivity contribution in [1.29, 1.82) is 0 Å². The van der Waals surface area contributed by atoms with Crippen molar-refractivity contribution in [2.45, 2.75) is 6.92 Å². The molecule has 4 rings (SSSR count). The van der Waals surface area contributed by atoms with Crippen LogP contribution in [0.1, 0.15) is 28.5 Å². The summed E-state index contributed by atoms with van der Waals surface area (Å²) in [4.78, 5) is 24.9. The van der Waals surface area contributed by atoms with Crippen LogP contribution in [0, 0.1) is 0 Å². The minimum Gasteiger partial charge on any atom is -0.461 e. The van der Waals surface area contributed by atoms with Crippen molar-refractivity contribution in [3.63, 3.8) is 0 Å². The number of aromatic nitrogens is 2. The zero-order chi connectivity index (χ0) is 19.7. The van der Waals surface area contributed by atoms with E-state index < -0.39 is 5.97 Å². The summed E-state index contributed by atoms with van der Waals surface area (Å²) in [6.07, 6.45) is 3.35. The second-order valence-electron chi connectivity index (χ2n) is 6.14. The van der Waals surface area contributed by atoms with Crippen LogP contribution in [0.4, 0.5) is 5.69 Å². The number of rotatable bonds is 4. The van der Waals surface area contributed by atoms with Crippen molar-refractivity contribution in [3.05, 3.63) is 76.6 Å². The Hall–Kier alpha value is -3.38. The molecule has 2 aromatic carbocycles. The number of amides is 1. The van der Waals surface area contributed by atoms with E-state index in [9.17, 15) is 9.59 Å². The number of carbonyl (C=O) groups is 2. The fourth-order valence-electron chi connectivity index (χ4n) is 3.03. The first kappa shape index (κ1) is 18.0. The summed E-state index contributed by atoms with van der Waals surface area (Å²) in [6, 6.07) is 14.6. The number of esters is 1. The molecule has 0 spiro atoms. The highest BCUT2D eigenvalue weighted by atomic mass is 35.5. The van der Waals surface area contributed by atoms with Crippen LogP contribution in [0.5, 0.6) is 0 Å². The maximum atomic E-state index is 12.5. The number of anilines is 1. The van der Waals surface area contributed by atoms with Crippen LogP contribution in [0.2, 0.25) is 5.02 Å². The summed E-state index contributed by atoms with van der Waals surface area (Å²) in [5.41, 5.74) is 3.22. The molecular weight excluding hydrogens is 378 g/mol. The summed E-state index contributed by atoms with van der Waals surface area (Å²) < 4.78 is 6.72. The predicted molar refractivity (Wildman–Crippen MR) is 107 cm³/mol. The Kier molecular flexibility index (Phi) is 4.71. The van der Waals surface area contributed by atoms with E-state index in [0.29, 0.717) is 21.8 Å². The second kappa shape index (κ2) is 7.32. The van der Waals surface area contributed by atoms with Gasteiger partial charge in [-0.3, -0.25) is 4.79 Å². The van der Waals surface area contributed by atoms with Gasteiger partial charge in [-0.15, -0.1) is 0 Å². The average Bonchev–Trinajstić information content (AvgIpc) is 3.24. The largest absolute Gasteiger partial charge is 0.461 e. The van der Waals surface area contributed by atoms with Gasteiger partial charge in [0.1, 0.15) is 0 Å². The van der Waals surface area contributed by atoms with Crippen molar-refractivity contribution >= 4 is 40.8 Å². The molecule has 6 nitrogen and oxygen atoms in total. The maximum absolute atomic E-state index is 12.5. The van der Waals surface area contributed by atoms with Gasteiger partial charge in [0, 0.05) is 27.9 Å². The molecule has 7 heteroatoms. The number of fused-ring (bicyclic) bond motifs is 1. The summed E-state index contributed by atoms with van der Waals surface area (Å²) in [7, 11) is 0. The van der Waals surface area contributed by atoms with Crippen molar-refractivity contribution < 1.29 is 14.3 Å². The molecule has 0 saturated heterocycles. The average molecular weight is 394 g/mol. The number of hydrogen-bond acceptors (Lipinski definition) is 4. The molecule has 2 heterocycles. The number of halogens is 1. The number of benzene rings is 2. The lowest BCUT2D eigenvalue weighted by atomic mass is 10.0. The monoisotopic (exact) mass is 393 g/mol. The second-order valence-corrected chi connectivity index (χ2v) is 6.57. The van der Waals surface area contributed by atoms with Gasteiger partial charge in [0.25, 0.3) is 5.91 Å². The maximum Gasteiger partial charge on any atom is 0.359 e. The Labute approximate surface area is 166 Å². The van der Waals surface area contributed by atoms with Crippen LogP contribution in [-0.2, 0) is 9.53 Å². The number of hydrogen-bond donors (Lipinski definition) is 1. The topological polar surface area (TPSA) is 73.2 Å². The third-order valence-corrected chi connectivity index (χ3v) is 4.53.